The van der Waals surface area contributed by atoms with Crippen molar-refractivity contribution in [1.29, 1.82) is 0 Å². The van der Waals surface area contributed by atoms with Gasteiger partial charge < -0.3 is 15.5 Å². The summed E-state index contributed by atoms with van der Waals surface area (Å²) in [6, 6.07) is 14.3. The van der Waals surface area contributed by atoms with Crippen molar-refractivity contribution in [3.8, 4) is 0 Å². The molecule has 2 aromatic carbocycles. The van der Waals surface area contributed by atoms with Crippen LogP contribution in [0.25, 0.3) is 0 Å². The van der Waals surface area contributed by atoms with Crippen LogP contribution >= 0.6 is 0 Å². The van der Waals surface area contributed by atoms with Crippen LogP contribution < -0.4 is 15.5 Å². The highest BCUT2D eigenvalue weighted by Gasteiger charge is 2.11. The molecule has 24 heavy (non-hydrogen) atoms. The minimum Gasteiger partial charge on any atom is -0.372 e. The number of carbonyl (C=O) groups excluding carboxylic acids is 1. The number of urea groups is 1. The molecule has 1 saturated heterocycles. The van der Waals surface area contributed by atoms with Crippen LogP contribution in [0.5, 0.6) is 0 Å². The molecule has 4 heteroatoms. The number of rotatable bonds is 4. The summed E-state index contributed by atoms with van der Waals surface area (Å²) in [6.45, 7) is 6.87. The molecule has 2 N–H and O–H groups in total. The maximum atomic E-state index is 12.1. The standard InChI is InChI=1S/C20H25N3O/c1-15-5-10-19(16(2)13-15)22-20(24)21-14-17-6-8-18(9-7-17)23-11-3-4-12-23/h5-10,13H,3-4,11-12,14H2,1-2H3,(H2,21,22,24). The van der Waals surface area contributed by atoms with Crippen LogP contribution in [0.4, 0.5) is 16.2 Å². The molecule has 0 spiro atoms. The first-order valence-corrected chi connectivity index (χ1v) is 8.58. The maximum absolute atomic E-state index is 12.1. The van der Waals surface area contributed by atoms with Crippen molar-refractivity contribution in [2.24, 2.45) is 0 Å². The second-order valence-electron chi connectivity index (χ2n) is 6.49. The molecule has 0 aliphatic carbocycles. The first-order valence-electron chi connectivity index (χ1n) is 8.58. The minimum absolute atomic E-state index is 0.175. The van der Waals surface area contributed by atoms with E-state index in [0.717, 1.165) is 29.9 Å². The predicted molar refractivity (Wildman–Crippen MR) is 99.7 cm³/mol. The zero-order valence-corrected chi connectivity index (χ0v) is 14.4. The summed E-state index contributed by atoms with van der Waals surface area (Å²) < 4.78 is 0. The Morgan fingerprint density at radius 3 is 2.42 bits per heavy atom. The highest BCUT2D eigenvalue weighted by atomic mass is 16.2. The van der Waals surface area contributed by atoms with E-state index >= 15 is 0 Å². The molecule has 1 aliphatic rings. The summed E-state index contributed by atoms with van der Waals surface area (Å²) in [5.74, 6) is 0. The van der Waals surface area contributed by atoms with E-state index in [1.165, 1.54) is 24.1 Å². The average Bonchev–Trinajstić information content (AvgIpc) is 3.11. The third-order valence-corrected chi connectivity index (χ3v) is 4.49. The fourth-order valence-electron chi connectivity index (χ4n) is 3.10. The van der Waals surface area contributed by atoms with E-state index < -0.39 is 0 Å². The zero-order chi connectivity index (χ0) is 16.9. The Hall–Kier alpha value is -2.49. The first kappa shape index (κ1) is 16.4. The van der Waals surface area contributed by atoms with Crippen LogP contribution in [0.1, 0.15) is 29.5 Å². The maximum Gasteiger partial charge on any atom is 0.319 e. The Morgan fingerprint density at radius 2 is 1.75 bits per heavy atom. The number of nitrogens with one attached hydrogen (secondary N) is 2. The van der Waals surface area contributed by atoms with Crippen molar-refractivity contribution >= 4 is 17.4 Å². The van der Waals surface area contributed by atoms with E-state index in [0.29, 0.717) is 6.54 Å². The number of carbonyl (C=O) groups is 1. The van der Waals surface area contributed by atoms with Gasteiger partial charge in [-0.25, -0.2) is 4.79 Å². The number of hydrogen-bond donors (Lipinski definition) is 2. The molecular weight excluding hydrogens is 298 g/mol. The summed E-state index contributed by atoms with van der Waals surface area (Å²) >= 11 is 0. The van der Waals surface area contributed by atoms with Gasteiger partial charge in [-0.1, -0.05) is 29.8 Å². The van der Waals surface area contributed by atoms with Crippen LogP contribution in [-0.2, 0) is 6.54 Å². The van der Waals surface area contributed by atoms with Gasteiger partial charge in [0.05, 0.1) is 0 Å². The lowest BCUT2D eigenvalue weighted by Gasteiger charge is -2.17. The van der Waals surface area contributed by atoms with E-state index in [9.17, 15) is 4.79 Å². The van der Waals surface area contributed by atoms with Crippen LogP contribution in [0.15, 0.2) is 42.5 Å². The summed E-state index contributed by atoms with van der Waals surface area (Å²) in [5.41, 5.74) is 5.49. The van der Waals surface area contributed by atoms with Crippen molar-refractivity contribution in [2.45, 2.75) is 33.2 Å². The molecule has 1 aliphatic heterocycles. The molecular formula is C20H25N3O. The molecule has 1 fully saturated rings. The molecule has 0 radical (unpaired) electrons. The van der Waals surface area contributed by atoms with Crippen molar-refractivity contribution in [3.05, 3.63) is 59.2 Å². The third kappa shape index (κ3) is 4.07. The Balaban J connectivity index is 1.52. The smallest absolute Gasteiger partial charge is 0.319 e. The van der Waals surface area contributed by atoms with Gasteiger partial charge in [-0.3, -0.25) is 0 Å². The second kappa shape index (κ2) is 7.39. The van der Waals surface area contributed by atoms with E-state index in [-0.39, 0.29) is 6.03 Å². The summed E-state index contributed by atoms with van der Waals surface area (Å²) in [6.07, 6.45) is 2.56. The Morgan fingerprint density at radius 1 is 1.04 bits per heavy atom. The molecule has 2 aromatic rings. The van der Waals surface area contributed by atoms with Gasteiger partial charge in [-0.15, -0.1) is 0 Å². The topological polar surface area (TPSA) is 44.4 Å². The largest absolute Gasteiger partial charge is 0.372 e. The number of nitrogens with zero attached hydrogens (tertiary/aromatic N) is 1. The van der Waals surface area contributed by atoms with Crippen molar-refractivity contribution < 1.29 is 4.79 Å². The van der Waals surface area contributed by atoms with Crippen molar-refractivity contribution in [3.63, 3.8) is 0 Å². The molecule has 0 unspecified atom stereocenters. The molecule has 1 heterocycles. The number of benzene rings is 2. The Kier molecular flexibility index (Phi) is 5.04. The van der Waals surface area contributed by atoms with Gasteiger partial charge in [0.15, 0.2) is 0 Å². The molecule has 0 aromatic heterocycles. The molecule has 2 amide bonds. The van der Waals surface area contributed by atoms with E-state index in [1.54, 1.807) is 0 Å². The molecule has 0 bridgehead atoms. The van der Waals surface area contributed by atoms with Crippen molar-refractivity contribution in [1.82, 2.24) is 5.32 Å². The lowest BCUT2D eigenvalue weighted by Crippen LogP contribution is -2.28. The van der Waals surface area contributed by atoms with Gasteiger partial charge in [-0.2, -0.15) is 0 Å². The molecule has 0 atom stereocenters. The highest BCUT2D eigenvalue weighted by molar-refractivity contribution is 5.90. The van der Waals surface area contributed by atoms with Gasteiger partial charge in [0.2, 0.25) is 0 Å². The number of aryl methyl sites for hydroxylation is 2. The normalized spacial score (nSPS) is 13.8. The molecule has 126 valence electrons. The van der Waals surface area contributed by atoms with E-state index in [4.69, 9.17) is 0 Å². The van der Waals surface area contributed by atoms with E-state index in [2.05, 4.69) is 45.9 Å². The first-order chi connectivity index (χ1) is 11.6. The van der Waals surface area contributed by atoms with Gasteiger partial charge in [0, 0.05) is 31.0 Å². The summed E-state index contributed by atoms with van der Waals surface area (Å²) in [7, 11) is 0. The van der Waals surface area contributed by atoms with Crippen LogP contribution in [-0.4, -0.2) is 19.1 Å². The lowest BCUT2D eigenvalue weighted by atomic mass is 10.1. The fraction of sp³-hybridized carbons (Fsp3) is 0.350. The molecule has 3 rings (SSSR count). The van der Waals surface area contributed by atoms with E-state index in [1.807, 2.05) is 26.0 Å². The van der Waals surface area contributed by atoms with Gasteiger partial charge in [0.25, 0.3) is 0 Å². The number of hydrogen-bond acceptors (Lipinski definition) is 2. The second-order valence-corrected chi connectivity index (χ2v) is 6.49. The highest BCUT2D eigenvalue weighted by Crippen LogP contribution is 2.20. The molecule has 0 saturated carbocycles. The van der Waals surface area contributed by atoms with Gasteiger partial charge in [0.1, 0.15) is 0 Å². The van der Waals surface area contributed by atoms with Gasteiger partial charge in [-0.05, 0) is 56.0 Å². The Labute approximate surface area is 143 Å². The summed E-state index contributed by atoms with van der Waals surface area (Å²) in [5, 5.41) is 5.82. The summed E-state index contributed by atoms with van der Waals surface area (Å²) in [4.78, 5) is 14.5. The SMILES string of the molecule is Cc1ccc(NC(=O)NCc2ccc(N3CCCC3)cc2)c(C)c1. The fourth-order valence-corrected chi connectivity index (χ4v) is 3.10. The van der Waals surface area contributed by atoms with Crippen molar-refractivity contribution in [2.75, 3.05) is 23.3 Å². The van der Waals surface area contributed by atoms with Gasteiger partial charge >= 0.3 is 6.03 Å². The van der Waals surface area contributed by atoms with Crippen LogP contribution in [0.3, 0.4) is 0 Å². The average molecular weight is 323 g/mol. The lowest BCUT2D eigenvalue weighted by molar-refractivity contribution is 0.251. The van der Waals surface area contributed by atoms with Crippen LogP contribution in [0.2, 0.25) is 0 Å². The number of amides is 2. The predicted octanol–water partition coefficient (Wildman–Crippen LogP) is 4.23. The Bertz CT molecular complexity index is 703. The quantitative estimate of drug-likeness (QED) is 0.884. The number of anilines is 2. The monoisotopic (exact) mass is 323 g/mol. The zero-order valence-electron chi connectivity index (χ0n) is 14.4. The molecule has 4 nitrogen and oxygen atoms in total. The van der Waals surface area contributed by atoms with Crippen LogP contribution in [0, 0.1) is 13.8 Å². The minimum atomic E-state index is -0.175. The third-order valence-electron chi connectivity index (χ3n) is 4.49.